The van der Waals surface area contributed by atoms with Crippen molar-refractivity contribution in [2.75, 3.05) is 0 Å². The minimum atomic E-state index is -0.467. The minimum Gasteiger partial charge on any atom is -0.420 e. The number of ketones is 1. The predicted octanol–water partition coefficient (Wildman–Crippen LogP) is 2.32. The largest absolute Gasteiger partial charge is 0.420 e. The zero-order valence-electron chi connectivity index (χ0n) is 10.8. The summed E-state index contributed by atoms with van der Waals surface area (Å²) in [6.45, 7) is 4.14. The Morgan fingerprint density at radius 2 is 1.84 bits per heavy atom. The van der Waals surface area contributed by atoms with Crippen LogP contribution in [0.15, 0.2) is 36.7 Å². The van der Waals surface area contributed by atoms with Gasteiger partial charge in [-0.3, -0.25) is 9.48 Å². The number of hydrogen-bond acceptors (Lipinski definition) is 4. The van der Waals surface area contributed by atoms with Crippen LogP contribution in [0.2, 0.25) is 0 Å². The standard InChI is InChI=1S/C14H14N2O3/c1-3-16-9-13(8-15-16)19-14(18)12-6-4-11(5-7-12)10(2)17/h4-9H,3H2,1-2H3. The Morgan fingerprint density at radius 1 is 1.21 bits per heavy atom. The second-order valence-electron chi connectivity index (χ2n) is 4.05. The minimum absolute atomic E-state index is 0.0378. The number of Topliss-reactive ketones (excluding diaryl/α,β-unsaturated/α-hetero) is 1. The average molecular weight is 258 g/mol. The molecule has 0 N–H and O–H groups in total. The molecule has 1 heterocycles. The molecular formula is C14H14N2O3. The van der Waals surface area contributed by atoms with Crippen molar-refractivity contribution in [1.29, 1.82) is 0 Å². The number of ether oxygens (including phenoxy) is 1. The van der Waals surface area contributed by atoms with E-state index in [2.05, 4.69) is 5.10 Å². The third-order valence-corrected chi connectivity index (χ3v) is 2.67. The van der Waals surface area contributed by atoms with Crippen LogP contribution in [0.5, 0.6) is 5.75 Å². The zero-order chi connectivity index (χ0) is 13.8. The highest BCUT2D eigenvalue weighted by atomic mass is 16.5. The van der Waals surface area contributed by atoms with Crippen molar-refractivity contribution in [2.24, 2.45) is 0 Å². The SMILES string of the molecule is CCn1cc(OC(=O)c2ccc(C(C)=O)cc2)cn1. The van der Waals surface area contributed by atoms with Gasteiger partial charge in [-0.15, -0.1) is 0 Å². The van der Waals surface area contributed by atoms with E-state index in [0.717, 1.165) is 0 Å². The Bertz CT molecular complexity index is 599. The van der Waals surface area contributed by atoms with E-state index >= 15 is 0 Å². The van der Waals surface area contributed by atoms with E-state index in [-0.39, 0.29) is 5.78 Å². The second-order valence-corrected chi connectivity index (χ2v) is 4.05. The summed E-state index contributed by atoms with van der Waals surface area (Å²) in [6, 6.07) is 6.36. The summed E-state index contributed by atoms with van der Waals surface area (Å²) in [7, 11) is 0. The molecule has 0 aliphatic heterocycles. The monoisotopic (exact) mass is 258 g/mol. The normalized spacial score (nSPS) is 10.2. The number of hydrogen-bond donors (Lipinski definition) is 0. The van der Waals surface area contributed by atoms with Crippen LogP contribution in [0.3, 0.4) is 0 Å². The fourth-order valence-electron chi connectivity index (χ4n) is 1.58. The number of aromatic nitrogens is 2. The van der Waals surface area contributed by atoms with Gasteiger partial charge in [0.1, 0.15) is 0 Å². The molecule has 1 aromatic carbocycles. The molecule has 0 saturated heterocycles. The van der Waals surface area contributed by atoms with Gasteiger partial charge >= 0.3 is 5.97 Å². The first-order valence-electron chi connectivity index (χ1n) is 5.95. The van der Waals surface area contributed by atoms with Crippen molar-refractivity contribution >= 4 is 11.8 Å². The predicted molar refractivity (Wildman–Crippen MR) is 69.3 cm³/mol. The third-order valence-electron chi connectivity index (χ3n) is 2.67. The van der Waals surface area contributed by atoms with E-state index in [4.69, 9.17) is 4.74 Å². The van der Waals surface area contributed by atoms with Crippen LogP contribution in [0.25, 0.3) is 0 Å². The van der Waals surface area contributed by atoms with Crippen LogP contribution in [0.1, 0.15) is 34.6 Å². The molecule has 98 valence electrons. The number of nitrogens with zero attached hydrogens (tertiary/aromatic N) is 2. The molecule has 0 atom stereocenters. The van der Waals surface area contributed by atoms with Gasteiger partial charge in [0.15, 0.2) is 11.5 Å². The van der Waals surface area contributed by atoms with Gasteiger partial charge in [0.25, 0.3) is 0 Å². The Hall–Kier alpha value is -2.43. The third kappa shape index (κ3) is 3.07. The van der Waals surface area contributed by atoms with E-state index in [9.17, 15) is 9.59 Å². The molecule has 19 heavy (non-hydrogen) atoms. The molecule has 5 heteroatoms. The highest BCUT2D eigenvalue weighted by Crippen LogP contribution is 2.12. The molecule has 0 unspecified atom stereocenters. The zero-order valence-corrected chi connectivity index (χ0v) is 10.8. The van der Waals surface area contributed by atoms with Crippen molar-refractivity contribution in [2.45, 2.75) is 20.4 Å². The number of rotatable bonds is 4. The lowest BCUT2D eigenvalue weighted by molar-refractivity contribution is 0.0734. The van der Waals surface area contributed by atoms with Crippen molar-refractivity contribution in [1.82, 2.24) is 9.78 Å². The molecule has 2 aromatic rings. The van der Waals surface area contributed by atoms with Crippen molar-refractivity contribution < 1.29 is 14.3 Å². The quantitative estimate of drug-likeness (QED) is 0.623. The number of aryl methyl sites for hydroxylation is 1. The molecule has 0 fully saturated rings. The Kier molecular flexibility index (Phi) is 3.75. The van der Waals surface area contributed by atoms with E-state index in [1.165, 1.54) is 13.1 Å². The number of esters is 1. The number of benzene rings is 1. The van der Waals surface area contributed by atoms with E-state index in [0.29, 0.717) is 23.4 Å². The van der Waals surface area contributed by atoms with Gasteiger partial charge in [-0.2, -0.15) is 5.10 Å². The molecule has 0 saturated carbocycles. The van der Waals surface area contributed by atoms with Crippen LogP contribution in [-0.4, -0.2) is 21.5 Å². The van der Waals surface area contributed by atoms with Crippen LogP contribution in [0.4, 0.5) is 0 Å². The molecule has 0 amide bonds. The summed E-state index contributed by atoms with van der Waals surface area (Å²) >= 11 is 0. The molecule has 0 radical (unpaired) electrons. The van der Waals surface area contributed by atoms with Crippen LogP contribution in [0, 0.1) is 0 Å². The first kappa shape index (κ1) is 13.0. The maximum Gasteiger partial charge on any atom is 0.343 e. The lowest BCUT2D eigenvalue weighted by atomic mass is 10.1. The lowest BCUT2D eigenvalue weighted by Crippen LogP contribution is -2.08. The van der Waals surface area contributed by atoms with E-state index < -0.39 is 5.97 Å². The Balaban J connectivity index is 2.09. The molecule has 0 bridgehead atoms. The summed E-state index contributed by atoms with van der Waals surface area (Å²) in [5.41, 5.74) is 0.963. The van der Waals surface area contributed by atoms with Crippen molar-refractivity contribution in [3.63, 3.8) is 0 Å². The van der Waals surface area contributed by atoms with Gasteiger partial charge in [-0.05, 0) is 26.0 Å². The van der Waals surface area contributed by atoms with Gasteiger partial charge in [0.2, 0.25) is 0 Å². The van der Waals surface area contributed by atoms with Gasteiger partial charge < -0.3 is 4.74 Å². The highest BCUT2D eigenvalue weighted by Gasteiger charge is 2.10. The fourth-order valence-corrected chi connectivity index (χ4v) is 1.58. The summed E-state index contributed by atoms with van der Waals surface area (Å²) < 4.78 is 6.84. The van der Waals surface area contributed by atoms with E-state index in [1.807, 2.05) is 6.92 Å². The molecule has 1 aromatic heterocycles. The van der Waals surface area contributed by atoms with Crippen LogP contribution < -0.4 is 4.74 Å². The molecule has 2 rings (SSSR count). The fraction of sp³-hybridized carbons (Fsp3) is 0.214. The Morgan fingerprint density at radius 3 is 2.37 bits per heavy atom. The van der Waals surface area contributed by atoms with Crippen LogP contribution in [-0.2, 0) is 6.54 Å². The maximum atomic E-state index is 11.8. The molecule has 0 aliphatic rings. The number of carbonyl (C=O) groups is 2. The molecular weight excluding hydrogens is 244 g/mol. The maximum absolute atomic E-state index is 11.8. The van der Waals surface area contributed by atoms with Gasteiger partial charge in [-0.25, -0.2) is 4.79 Å². The first-order chi connectivity index (χ1) is 9.10. The number of carbonyl (C=O) groups excluding carboxylic acids is 2. The van der Waals surface area contributed by atoms with Gasteiger partial charge in [0, 0.05) is 12.1 Å². The second kappa shape index (κ2) is 5.48. The highest BCUT2D eigenvalue weighted by molar-refractivity contribution is 5.96. The summed E-state index contributed by atoms with van der Waals surface area (Å²) in [5, 5.41) is 4.01. The summed E-state index contributed by atoms with van der Waals surface area (Å²) in [5.74, 6) is -0.0996. The summed E-state index contributed by atoms with van der Waals surface area (Å²) in [4.78, 5) is 23.0. The average Bonchev–Trinajstić information content (AvgIpc) is 2.86. The van der Waals surface area contributed by atoms with Gasteiger partial charge in [-0.1, -0.05) is 12.1 Å². The first-order valence-corrected chi connectivity index (χ1v) is 5.95. The van der Waals surface area contributed by atoms with Crippen LogP contribution >= 0.6 is 0 Å². The molecule has 0 aliphatic carbocycles. The molecule has 0 spiro atoms. The summed E-state index contributed by atoms with van der Waals surface area (Å²) in [6.07, 6.45) is 3.15. The Labute approximate surface area is 110 Å². The lowest BCUT2D eigenvalue weighted by Gasteiger charge is -2.02. The smallest absolute Gasteiger partial charge is 0.343 e. The molecule has 5 nitrogen and oxygen atoms in total. The van der Waals surface area contributed by atoms with Crippen molar-refractivity contribution in [3.8, 4) is 5.75 Å². The topological polar surface area (TPSA) is 61.2 Å². The van der Waals surface area contributed by atoms with Gasteiger partial charge in [0.05, 0.1) is 18.0 Å². The van der Waals surface area contributed by atoms with Crippen molar-refractivity contribution in [3.05, 3.63) is 47.8 Å². The van der Waals surface area contributed by atoms with E-state index in [1.54, 1.807) is 35.1 Å².